The van der Waals surface area contributed by atoms with Gasteiger partial charge in [-0.25, -0.2) is 0 Å². The van der Waals surface area contributed by atoms with Crippen molar-refractivity contribution in [2.75, 3.05) is 6.61 Å². The van der Waals surface area contributed by atoms with E-state index >= 15 is 0 Å². The van der Waals surface area contributed by atoms with E-state index in [4.69, 9.17) is 4.74 Å². The van der Waals surface area contributed by atoms with Crippen molar-refractivity contribution in [2.24, 2.45) is 5.41 Å². The smallest absolute Gasteiger partial charge is 0.319 e. The van der Waals surface area contributed by atoms with Crippen LogP contribution in [0.1, 0.15) is 34.1 Å². The summed E-state index contributed by atoms with van der Waals surface area (Å²) >= 11 is 3.24. The lowest BCUT2D eigenvalue weighted by Crippen LogP contribution is -2.39. The molecular formula is C10H17BrO3. The first kappa shape index (κ1) is 13.6. The number of hydrogen-bond donors (Lipinski definition) is 0. The topological polar surface area (TPSA) is 43.4 Å². The third-order valence-electron chi connectivity index (χ3n) is 2.04. The van der Waals surface area contributed by atoms with Crippen LogP contribution in [-0.4, -0.2) is 23.2 Å². The molecule has 0 aromatic carbocycles. The first-order valence-corrected chi connectivity index (χ1v) is 5.65. The van der Waals surface area contributed by atoms with E-state index in [0.29, 0.717) is 13.0 Å². The van der Waals surface area contributed by atoms with Gasteiger partial charge in [0, 0.05) is 0 Å². The number of halogens is 1. The molecule has 4 heteroatoms. The molecule has 0 aliphatic heterocycles. The number of carbonyl (C=O) groups excluding carboxylic acids is 2. The maximum absolute atomic E-state index is 11.8. The minimum absolute atomic E-state index is 0.126. The molecule has 14 heavy (non-hydrogen) atoms. The Morgan fingerprint density at radius 1 is 1.36 bits per heavy atom. The first-order chi connectivity index (χ1) is 6.37. The van der Waals surface area contributed by atoms with Crippen LogP contribution in [0.4, 0.5) is 0 Å². The lowest BCUT2D eigenvalue weighted by atomic mass is 9.86. The molecule has 0 saturated heterocycles. The van der Waals surface area contributed by atoms with Crippen LogP contribution >= 0.6 is 15.9 Å². The molecule has 0 radical (unpaired) electrons. The van der Waals surface area contributed by atoms with Gasteiger partial charge in [0.15, 0.2) is 5.78 Å². The molecule has 0 rings (SSSR count). The van der Waals surface area contributed by atoms with E-state index < -0.39 is 11.4 Å². The zero-order valence-electron chi connectivity index (χ0n) is 9.09. The summed E-state index contributed by atoms with van der Waals surface area (Å²) in [4.78, 5) is 23.0. The van der Waals surface area contributed by atoms with Crippen LogP contribution in [-0.2, 0) is 14.3 Å². The number of Topliss-reactive ketones (excluding diaryl/α,β-unsaturated/α-hetero) is 1. The summed E-state index contributed by atoms with van der Waals surface area (Å²) in [6, 6.07) is 0. The standard InChI is InChI=1S/C10H17BrO3/c1-5-7(11)8(12)10(3,4)9(13)14-6-2/h7H,5-6H2,1-4H3. The number of rotatable bonds is 5. The molecule has 82 valence electrons. The molecule has 0 aromatic heterocycles. The van der Waals surface area contributed by atoms with Gasteiger partial charge in [0.05, 0.1) is 11.4 Å². The Hall–Kier alpha value is -0.380. The fourth-order valence-corrected chi connectivity index (χ4v) is 1.56. The first-order valence-electron chi connectivity index (χ1n) is 4.73. The third-order valence-corrected chi connectivity index (χ3v) is 3.11. The van der Waals surface area contributed by atoms with Gasteiger partial charge in [-0.15, -0.1) is 0 Å². The number of ketones is 1. The number of ether oxygens (including phenoxy) is 1. The predicted molar refractivity (Wildman–Crippen MR) is 58.4 cm³/mol. The Morgan fingerprint density at radius 2 is 1.86 bits per heavy atom. The molecule has 0 aliphatic rings. The van der Waals surface area contributed by atoms with Crippen molar-refractivity contribution in [3.05, 3.63) is 0 Å². The largest absolute Gasteiger partial charge is 0.465 e. The van der Waals surface area contributed by atoms with Gasteiger partial charge in [0.25, 0.3) is 0 Å². The average Bonchev–Trinajstić information content (AvgIpc) is 2.15. The van der Waals surface area contributed by atoms with E-state index in [1.807, 2.05) is 6.92 Å². The molecule has 0 bridgehead atoms. The second kappa shape index (κ2) is 5.49. The molecule has 0 amide bonds. The fourth-order valence-electron chi connectivity index (χ4n) is 0.989. The fraction of sp³-hybridized carbons (Fsp3) is 0.800. The summed E-state index contributed by atoms with van der Waals surface area (Å²) in [6.45, 7) is 7.10. The van der Waals surface area contributed by atoms with E-state index in [-0.39, 0.29) is 10.6 Å². The molecule has 0 heterocycles. The minimum atomic E-state index is -1.06. The molecule has 0 spiro atoms. The Kier molecular flexibility index (Phi) is 5.34. The molecule has 0 aliphatic carbocycles. The number of carbonyl (C=O) groups is 2. The summed E-state index contributed by atoms with van der Waals surface area (Å²) in [5.41, 5.74) is -1.06. The number of hydrogen-bond acceptors (Lipinski definition) is 3. The van der Waals surface area contributed by atoms with Gasteiger partial charge in [-0.2, -0.15) is 0 Å². The SMILES string of the molecule is CCOC(=O)C(C)(C)C(=O)C(Br)CC. The van der Waals surface area contributed by atoms with Gasteiger partial charge in [-0.3, -0.25) is 9.59 Å². The summed E-state index contributed by atoms with van der Waals surface area (Å²) in [7, 11) is 0. The molecule has 0 N–H and O–H groups in total. The van der Waals surface area contributed by atoms with E-state index in [9.17, 15) is 9.59 Å². The molecule has 1 atom stereocenters. The lowest BCUT2D eigenvalue weighted by Gasteiger charge is -2.22. The summed E-state index contributed by atoms with van der Waals surface area (Å²) in [5.74, 6) is -0.582. The van der Waals surface area contributed by atoms with Gasteiger partial charge in [0.2, 0.25) is 0 Å². The van der Waals surface area contributed by atoms with E-state index in [1.165, 1.54) is 0 Å². The third kappa shape index (κ3) is 3.08. The van der Waals surface area contributed by atoms with Crippen molar-refractivity contribution in [1.29, 1.82) is 0 Å². The number of esters is 1. The molecular weight excluding hydrogens is 248 g/mol. The predicted octanol–water partition coefficient (Wildman–Crippen LogP) is 2.32. The van der Waals surface area contributed by atoms with Crippen LogP contribution in [0.25, 0.3) is 0 Å². The van der Waals surface area contributed by atoms with Crippen LogP contribution in [0.3, 0.4) is 0 Å². The number of alkyl halides is 1. The van der Waals surface area contributed by atoms with Gasteiger partial charge < -0.3 is 4.74 Å². The van der Waals surface area contributed by atoms with Gasteiger partial charge >= 0.3 is 5.97 Å². The highest BCUT2D eigenvalue weighted by Gasteiger charge is 2.39. The van der Waals surface area contributed by atoms with Crippen LogP contribution < -0.4 is 0 Å². The summed E-state index contributed by atoms with van der Waals surface area (Å²) in [5, 5.41) is 0. The van der Waals surface area contributed by atoms with Crippen LogP contribution in [0.2, 0.25) is 0 Å². The molecule has 0 aromatic rings. The highest BCUT2D eigenvalue weighted by Crippen LogP contribution is 2.25. The lowest BCUT2D eigenvalue weighted by molar-refractivity contribution is -0.157. The zero-order valence-corrected chi connectivity index (χ0v) is 10.7. The van der Waals surface area contributed by atoms with Gasteiger partial charge in [0.1, 0.15) is 5.41 Å². The Balaban J connectivity index is 4.60. The summed E-state index contributed by atoms with van der Waals surface area (Å²) < 4.78 is 4.84. The molecule has 1 unspecified atom stereocenters. The maximum atomic E-state index is 11.8. The minimum Gasteiger partial charge on any atom is -0.465 e. The second-order valence-electron chi connectivity index (χ2n) is 3.59. The highest BCUT2D eigenvalue weighted by molar-refractivity contribution is 9.10. The second-order valence-corrected chi connectivity index (χ2v) is 4.69. The van der Waals surface area contributed by atoms with Crippen LogP contribution in [0, 0.1) is 5.41 Å². The van der Waals surface area contributed by atoms with Crippen molar-refractivity contribution < 1.29 is 14.3 Å². The maximum Gasteiger partial charge on any atom is 0.319 e. The van der Waals surface area contributed by atoms with E-state index in [1.54, 1.807) is 20.8 Å². The van der Waals surface area contributed by atoms with E-state index in [0.717, 1.165) is 0 Å². The van der Waals surface area contributed by atoms with Gasteiger partial charge in [-0.05, 0) is 27.2 Å². The molecule has 3 nitrogen and oxygen atoms in total. The summed E-state index contributed by atoms with van der Waals surface area (Å²) in [6.07, 6.45) is 0.668. The Bertz CT molecular complexity index is 223. The average molecular weight is 265 g/mol. The molecule has 0 fully saturated rings. The van der Waals surface area contributed by atoms with Crippen LogP contribution in [0.5, 0.6) is 0 Å². The van der Waals surface area contributed by atoms with Crippen molar-refractivity contribution in [1.82, 2.24) is 0 Å². The Labute approximate surface area is 93.3 Å². The highest BCUT2D eigenvalue weighted by atomic mass is 79.9. The van der Waals surface area contributed by atoms with Crippen molar-refractivity contribution in [3.8, 4) is 0 Å². The Morgan fingerprint density at radius 3 is 2.21 bits per heavy atom. The molecule has 0 saturated carbocycles. The zero-order chi connectivity index (χ0) is 11.4. The van der Waals surface area contributed by atoms with E-state index in [2.05, 4.69) is 15.9 Å². The van der Waals surface area contributed by atoms with Crippen LogP contribution in [0.15, 0.2) is 0 Å². The van der Waals surface area contributed by atoms with Crippen molar-refractivity contribution in [2.45, 2.75) is 38.9 Å². The monoisotopic (exact) mass is 264 g/mol. The van der Waals surface area contributed by atoms with Gasteiger partial charge in [-0.1, -0.05) is 22.9 Å². The van der Waals surface area contributed by atoms with Crippen molar-refractivity contribution >= 4 is 27.7 Å². The normalized spacial score (nSPS) is 13.5. The quantitative estimate of drug-likeness (QED) is 0.435. The van der Waals surface area contributed by atoms with Crippen molar-refractivity contribution in [3.63, 3.8) is 0 Å².